The van der Waals surface area contributed by atoms with Crippen molar-refractivity contribution in [3.63, 3.8) is 0 Å². The van der Waals surface area contributed by atoms with Gasteiger partial charge in [0.05, 0.1) is 24.6 Å². The minimum absolute atomic E-state index is 0.207. The number of carbonyl (C=O) groups excluding carboxylic acids is 1. The highest BCUT2D eigenvalue weighted by atomic mass is 16.5. The minimum atomic E-state index is -0.207. The van der Waals surface area contributed by atoms with Gasteiger partial charge in [0, 0.05) is 12.0 Å². The lowest BCUT2D eigenvalue weighted by molar-refractivity contribution is 0.104. The van der Waals surface area contributed by atoms with E-state index in [0.29, 0.717) is 36.1 Å². The Bertz CT molecular complexity index is 993. The van der Waals surface area contributed by atoms with Gasteiger partial charge in [-0.1, -0.05) is 35.5 Å². The van der Waals surface area contributed by atoms with Gasteiger partial charge in [0.1, 0.15) is 0 Å². The summed E-state index contributed by atoms with van der Waals surface area (Å²) in [6, 6.07) is 15.3. The topological polar surface area (TPSA) is 66.2 Å². The molecule has 0 atom stereocenters. The third-order valence-electron chi connectivity index (χ3n) is 4.34. The number of allylic oxidation sites excluding steroid dienone is 1. The minimum Gasteiger partial charge on any atom is -0.490 e. The van der Waals surface area contributed by atoms with E-state index in [1.165, 1.54) is 6.08 Å². The summed E-state index contributed by atoms with van der Waals surface area (Å²) in [6.07, 6.45) is 4.06. The van der Waals surface area contributed by atoms with Crippen LogP contribution in [0, 0.1) is 6.92 Å². The van der Waals surface area contributed by atoms with Gasteiger partial charge in [0.15, 0.2) is 17.2 Å². The van der Waals surface area contributed by atoms with Crippen LogP contribution in [0.25, 0.3) is 11.8 Å². The predicted molar refractivity (Wildman–Crippen MR) is 102 cm³/mol. The van der Waals surface area contributed by atoms with Crippen LogP contribution in [-0.4, -0.2) is 34.0 Å². The van der Waals surface area contributed by atoms with Crippen molar-refractivity contribution < 1.29 is 14.3 Å². The van der Waals surface area contributed by atoms with Gasteiger partial charge in [-0.05, 0) is 37.3 Å². The summed E-state index contributed by atoms with van der Waals surface area (Å²) in [5.41, 5.74) is 2.69. The van der Waals surface area contributed by atoms with Crippen molar-refractivity contribution in [1.29, 1.82) is 0 Å². The maximum absolute atomic E-state index is 12.6. The van der Waals surface area contributed by atoms with E-state index in [9.17, 15) is 4.79 Å². The number of para-hydroxylation sites is 2. The number of hydrogen-bond donors (Lipinski definition) is 0. The third-order valence-corrected chi connectivity index (χ3v) is 4.34. The first-order valence-corrected chi connectivity index (χ1v) is 8.83. The van der Waals surface area contributed by atoms with E-state index in [-0.39, 0.29) is 5.78 Å². The molecule has 4 rings (SSSR count). The smallest absolute Gasteiger partial charge is 0.208 e. The summed E-state index contributed by atoms with van der Waals surface area (Å²) in [6.45, 7) is 3.05. The van der Waals surface area contributed by atoms with Crippen LogP contribution < -0.4 is 9.47 Å². The van der Waals surface area contributed by atoms with Crippen molar-refractivity contribution >= 4 is 11.9 Å². The Morgan fingerprint density at radius 3 is 2.74 bits per heavy atom. The lowest BCUT2D eigenvalue weighted by Gasteiger charge is -2.09. The quantitative estimate of drug-likeness (QED) is 0.524. The second-order valence-electron chi connectivity index (χ2n) is 6.19. The second-order valence-corrected chi connectivity index (χ2v) is 6.19. The molecule has 2 aromatic carbocycles. The Morgan fingerprint density at radius 1 is 1.07 bits per heavy atom. The highest BCUT2D eigenvalue weighted by Gasteiger charge is 2.16. The van der Waals surface area contributed by atoms with Crippen molar-refractivity contribution in [2.45, 2.75) is 13.3 Å². The summed E-state index contributed by atoms with van der Waals surface area (Å²) in [5, 5.41) is 8.17. The van der Waals surface area contributed by atoms with E-state index in [0.717, 1.165) is 17.7 Å². The Hall–Kier alpha value is -3.41. The van der Waals surface area contributed by atoms with Gasteiger partial charge in [-0.2, -0.15) is 0 Å². The zero-order chi connectivity index (χ0) is 18.6. The van der Waals surface area contributed by atoms with Gasteiger partial charge < -0.3 is 9.47 Å². The fourth-order valence-electron chi connectivity index (χ4n) is 2.96. The average Bonchev–Trinajstić information content (AvgIpc) is 2.92. The highest BCUT2D eigenvalue weighted by molar-refractivity contribution is 6.06. The van der Waals surface area contributed by atoms with Crippen LogP contribution in [0.4, 0.5) is 0 Å². The van der Waals surface area contributed by atoms with Crippen LogP contribution in [0.5, 0.6) is 11.5 Å². The average molecular weight is 361 g/mol. The molecule has 0 N–H and O–H groups in total. The molecule has 0 saturated carbocycles. The van der Waals surface area contributed by atoms with Gasteiger partial charge in [-0.3, -0.25) is 4.79 Å². The molecule has 2 heterocycles. The molecule has 3 aromatic rings. The number of aromatic nitrogens is 3. The van der Waals surface area contributed by atoms with E-state index in [4.69, 9.17) is 9.47 Å². The Kier molecular flexibility index (Phi) is 4.70. The molecule has 0 spiro atoms. The predicted octanol–water partition coefficient (Wildman–Crippen LogP) is 3.63. The van der Waals surface area contributed by atoms with Crippen molar-refractivity contribution in [2.75, 3.05) is 13.2 Å². The maximum atomic E-state index is 12.6. The molecule has 0 amide bonds. The summed E-state index contributed by atoms with van der Waals surface area (Å²) >= 11 is 0. The molecule has 1 aliphatic heterocycles. The van der Waals surface area contributed by atoms with Crippen LogP contribution >= 0.6 is 0 Å². The normalized spacial score (nSPS) is 13.5. The Balaban J connectivity index is 1.60. The SMILES string of the molecule is Cc1c(C(=O)/C=C\c2cccc3c2OCCCO3)nnn1-c1ccccc1. The summed E-state index contributed by atoms with van der Waals surface area (Å²) in [4.78, 5) is 12.6. The molecule has 0 aliphatic carbocycles. The number of hydrogen-bond acceptors (Lipinski definition) is 5. The van der Waals surface area contributed by atoms with Gasteiger partial charge in [-0.25, -0.2) is 4.68 Å². The number of benzene rings is 2. The fraction of sp³-hybridized carbons (Fsp3) is 0.190. The van der Waals surface area contributed by atoms with Crippen molar-refractivity contribution in [3.05, 3.63) is 71.6 Å². The van der Waals surface area contributed by atoms with E-state index in [1.54, 1.807) is 10.8 Å². The van der Waals surface area contributed by atoms with E-state index >= 15 is 0 Å². The number of ether oxygens (including phenoxy) is 2. The first-order valence-electron chi connectivity index (χ1n) is 8.83. The molecule has 0 radical (unpaired) electrons. The van der Waals surface area contributed by atoms with Crippen molar-refractivity contribution in [1.82, 2.24) is 15.0 Å². The molecular formula is C21H19N3O3. The molecule has 1 aliphatic rings. The fourth-order valence-corrected chi connectivity index (χ4v) is 2.96. The zero-order valence-electron chi connectivity index (χ0n) is 15.0. The number of nitrogens with zero attached hydrogens (tertiary/aromatic N) is 3. The van der Waals surface area contributed by atoms with Gasteiger partial charge in [-0.15, -0.1) is 5.10 Å². The van der Waals surface area contributed by atoms with Crippen molar-refractivity contribution in [2.24, 2.45) is 0 Å². The summed E-state index contributed by atoms with van der Waals surface area (Å²) in [5.74, 6) is 1.17. The number of fused-ring (bicyclic) bond motifs is 1. The lowest BCUT2D eigenvalue weighted by Crippen LogP contribution is -2.01. The van der Waals surface area contributed by atoms with Gasteiger partial charge >= 0.3 is 0 Å². The molecule has 6 heteroatoms. The summed E-state index contributed by atoms with van der Waals surface area (Å²) in [7, 11) is 0. The van der Waals surface area contributed by atoms with E-state index in [1.807, 2.05) is 55.5 Å². The lowest BCUT2D eigenvalue weighted by atomic mass is 10.1. The third kappa shape index (κ3) is 3.46. The van der Waals surface area contributed by atoms with Gasteiger partial charge in [0.2, 0.25) is 5.78 Å². The molecule has 0 saturated heterocycles. The van der Waals surface area contributed by atoms with Crippen LogP contribution in [0.1, 0.15) is 28.2 Å². The molecule has 27 heavy (non-hydrogen) atoms. The van der Waals surface area contributed by atoms with Crippen LogP contribution in [-0.2, 0) is 0 Å². The molecule has 0 fully saturated rings. The number of rotatable bonds is 4. The number of ketones is 1. The maximum Gasteiger partial charge on any atom is 0.208 e. The standard InChI is InChI=1S/C21H19N3O3/c1-15-20(22-23-24(15)17-8-3-2-4-9-17)18(25)12-11-16-7-5-10-19-21(16)27-14-6-13-26-19/h2-5,7-12H,6,13-14H2,1H3/b12-11-. The molecular weight excluding hydrogens is 342 g/mol. The molecule has 0 bridgehead atoms. The first kappa shape index (κ1) is 17.0. The monoisotopic (exact) mass is 361 g/mol. The second kappa shape index (κ2) is 7.45. The van der Waals surface area contributed by atoms with E-state index in [2.05, 4.69) is 10.3 Å². The highest BCUT2D eigenvalue weighted by Crippen LogP contribution is 2.34. The number of carbonyl (C=O) groups is 1. The molecule has 6 nitrogen and oxygen atoms in total. The summed E-state index contributed by atoms with van der Waals surface area (Å²) < 4.78 is 13.1. The molecule has 0 unspecified atom stereocenters. The van der Waals surface area contributed by atoms with E-state index < -0.39 is 0 Å². The van der Waals surface area contributed by atoms with Crippen LogP contribution in [0.3, 0.4) is 0 Å². The van der Waals surface area contributed by atoms with Gasteiger partial charge in [0.25, 0.3) is 0 Å². The van der Waals surface area contributed by atoms with Crippen molar-refractivity contribution in [3.8, 4) is 17.2 Å². The Labute approximate surface area is 157 Å². The largest absolute Gasteiger partial charge is 0.490 e. The zero-order valence-corrected chi connectivity index (χ0v) is 15.0. The Morgan fingerprint density at radius 2 is 1.89 bits per heavy atom. The van der Waals surface area contributed by atoms with Crippen LogP contribution in [0.2, 0.25) is 0 Å². The molecule has 1 aromatic heterocycles. The molecule has 136 valence electrons. The van der Waals surface area contributed by atoms with Crippen LogP contribution in [0.15, 0.2) is 54.6 Å². The first-order chi connectivity index (χ1) is 13.2.